The number of aromatic nitrogens is 5. The number of aryl methyl sites for hydroxylation is 2. The van der Waals surface area contributed by atoms with Gasteiger partial charge in [-0.15, -0.1) is 0 Å². The van der Waals surface area contributed by atoms with Crippen LogP contribution in [-0.2, 0) is 10.0 Å². The topological polar surface area (TPSA) is 127 Å². The fourth-order valence-electron chi connectivity index (χ4n) is 1.88. The van der Waals surface area contributed by atoms with Crippen LogP contribution in [0.3, 0.4) is 0 Å². The van der Waals surface area contributed by atoms with E-state index in [1.165, 1.54) is 19.6 Å². The molecule has 2 N–H and O–H groups in total. The van der Waals surface area contributed by atoms with Gasteiger partial charge in [0.2, 0.25) is 0 Å². The molecule has 20 heavy (non-hydrogen) atoms. The van der Waals surface area contributed by atoms with E-state index >= 15 is 0 Å². The molecule has 3 rings (SSSR count). The van der Waals surface area contributed by atoms with E-state index in [9.17, 15) is 8.42 Å². The van der Waals surface area contributed by atoms with E-state index in [1.54, 1.807) is 6.92 Å². The molecule has 0 aromatic carbocycles. The van der Waals surface area contributed by atoms with Crippen LogP contribution in [0.2, 0.25) is 0 Å². The van der Waals surface area contributed by atoms with E-state index in [4.69, 9.17) is 4.52 Å². The number of H-pyrrole nitrogens is 1. The number of hydrogen-bond acceptors (Lipinski definition) is 7. The van der Waals surface area contributed by atoms with E-state index < -0.39 is 10.0 Å². The molecule has 0 aliphatic carbocycles. The molecule has 3 heterocycles. The van der Waals surface area contributed by atoms with Crippen molar-refractivity contribution in [2.75, 3.05) is 4.72 Å². The Morgan fingerprint density at radius 2 is 2.05 bits per heavy atom. The summed E-state index contributed by atoms with van der Waals surface area (Å²) >= 11 is 0. The van der Waals surface area contributed by atoms with Crippen LogP contribution in [0.1, 0.15) is 11.5 Å². The first-order chi connectivity index (χ1) is 9.49. The molecule has 0 aliphatic heterocycles. The summed E-state index contributed by atoms with van der Waals surface area (Å²) < 4.78 is 32.0. The van der Waals surface area contributed by atoms with Crippen LogP contribution < -0.4 is 4.72 Å². The SMILES string of the molecule is Cc1noc(C)c1S(=O)(=O)Nc1ncnc2nc[nH]c12. The van der Waals surface area contributed by atoms with E-state index in [1.807, 2.05) is 0 Å². The molecule has 0 saturated carbocycles. The fraction of sp³-hybridized carbons (Fsp3) is 0.200. The second-order valence-electron chi connectivity index (χ2n) is 4.08. The highest BCUT2D eigenvalue weighted by Gasteiger charge is 2.25. The maximum absolute atomic E-state index is 12.4. The van der Waals surface area contributed by atoms with Crippen molar-refractivity contribution in [1.29, 1.82) is 0 Å². The summed E-state index contributed by atoms with van der Waals surface area (Å²) in [4.78, 5) is 14.5. The Hall–Kier alpha value is -2.49. The summed E-state index contributed by atoms with van der Waals surface area (Å²) in [7, 11) is -3.84. The smallest absolute Gasteiger partial charge is 0.268 e. The van der Waals surface area contributed by atoms with Crippen molar-refractivity contribution in [1.82, 2.24) is 25.1 Å². The zero-order chi connectivity index (χ0) is 14.3. The molecule has 0 radical (unpaired) electrons. The lowest BCUT2D eigenvalue weighted by Crippen LogP contribution is -2.15. The molecule has 9 nitrogen and oxygen atoms in total. The van der Waals surface area contributed by atoms with Gasteiger partial charge in [-0.05, 0) is 13.8 Å². The summed E-state index contributed by atoms with van der Waals surface area (Å²) in [6.45, 7) is 3.08. The van der Waals surface area contributed by atoms with Gasteiger partial charge in [-0.3, -0.25) is 4.72 Å². The molecule has 0 bridgehead atoms. The van der Waals surface area contributed by atoms with Crippen LogP contribution >= 0.6 is 0 Å². The van der Waals surface area contributed by atoms with Crippen LogP contribution in [0.5, 0.6) is 0 Å². The van der Waals surface area contributed by atoms with Gasteiger partial charge in [-0.25, -0.2) is 23.4 Å². The number of fused-ring (bicyclic) bond motifs is 1. The van der Waals surface area contributed by atoms with Gasteiger partial charge < -0.3 is 9.51 Å². The summed E-state index contributed by atoms with van der Waals surface area (Å²) in [6, 6.07) is 0. The molecule has 0 unspecified atom stereocenters. The largest absolute Gasteiger partial charge is 0.360 e. The Morgan fingerprint density at radius 3 is 2.75 bits per heavy atom. The Morgan fingerprint density at radius 1 is 1.25 bits per heavy atom. The van der Waals surface area contributed by atoms with Crippen LogP contribution in [0, 0.1) is 13.8 Å². The second kappa shape index (κ2) is 4.27. The van der Waals surface area contributed by atoms with Crippen molar-refractivity contribution < 1.29 is 12.9 Å². The minimum absolute atomic E-state index is 0.00350. The standard InChI is InChI=1S/C10H10N6O3S/c1-5-8(6(2)19-15-5)20(17,18)16-10-7-9(12-3-11-7)13-4-14-10/h3-4H,1-2H3,(H2,11,12,13,14,16). The Kier molecular flexibility index (Phi) is 2.67. The molecule has 0 saturated heterocycles. The average Bonchev–Trinajstić information content (AvgIpc) is 2.96. The van der Waals surface area contributed by atoms with Crippen molar-refractivity contribution in [3.63, 3.8) is 0 Å². The van der Waals surface area contributed by atoms with Crippen molar-refractivity contribution in [2.45, 2.75) is 18.7 Å². The average molecular weight is 294 g/mol. The number of sulfonamides is 1. The van der Waals surface area contributed by atoms with Crippen LogP contribution in [-0.4, -0.2) is 33.5 Å². The van der Waals surface area contributed by atoms with Gasteiger partial charge in [0.15, 0.2) is 22.1 Å². The third-order valence-corrected chi connectivity index (χ3v) is 4.27. The number of anilines is 1. The number of hydrogen-bond donors (Lipinski definition) is 2. The first-order valence-electron chi connectivity index (χ1n) is 5.59. The molecular weight excluding hydrogens is 284 g/mol. The van der Waals surface area contributed by atoms with Gasteiger partial charge in [0, 0.05) is 0 Å². The summed E-state index contributed by atoms with van der Waals surface area (Å²) in [5.41, 5.74) is 1.06. The molecule has 0 spiro atoms. The second-order valence-corrected chi connectivity index (χ2v) is 5.70. The maximum atomic E-state index is 12.4. The molecule has 0 fully saturated rings. The number of nitrogens with one attached hydrogen (secondary N) is 2. The molecule has 3 aromatic rings. The van der Waals surface area contributed by atoms with Crippen molar-refractivity contribution >= 4 is 27.0 Å². The maximum Gasteiger partial charge on any atom is 0.268 e. The number of aromatic amines is 1. The first kappa shape index (κ1) is 12.5. The van der Waals surface area contributed by atoms with Crippen LogP contribution in [0.15, 0.2) is 22.1 Å². The van der Waals surface area contributed by atoms with E-state index in [2.05, 4.69) is 29.8 Å². The predicted molar refractivity (Wildman–Crippen MR) is 68.5 cm³/mol. The number of imidazole rings is 1. The van der Waals surface area contributed by atoms with Crippen molar-refractivity contribution in [2.24, 2.45) is 0 Å². The lowest BCUT2D eigenvalue weighted by molar-refractivity contribution is 0.390. The summed E-state index contributed by atoms with van der Waals surface area (Å²) in [5.74, 6) is 0.331. The summed E-state index contributed by atoms with van der Waals surface area (Å²) in [6.07, 6.45) is 2.64. The monoisotopic (exact) mass is 294 g/mol. The predicted octanol–water partition coefficient (Wildman–Crippen LogP) is 0.759. The van der Waals surface area contributed by atoms with Gasteiger partial charge in [-0.1, -0.05) is 5.16 Å². The highest BCUT2D eigenvalue weighted by Crippen LogP contribution is 2.23. The first-order valence-corrected chi connectivity index (χ1v) is 7.07. The lowest BCUT2D eigenvalue weighted by atomic mass is 10.4. The molecule has 0 atom stereocenters. The minimum atomic E-state index is -3.84. The van der Waals surface area contributed by atoms with Gasteiger partial charge in [0.25, 0.3) is 10.0 Å². The molecule has 0 amide bonds. The molecule has 10 heteroatoms. The molecule has 3 aromatic heterocycles. The highest BCUT2D eigenvalue weighted by molar-refractivity contribution is 7.92. The van der Waals surface area contributed by atoms with Gasteiger partial charge in [0.1, 0.15) is 17.5 Å². The van der Waals surface area contributed by atoms with Gasteiger partial charge in [0.05, 0.1) is 6.33 Å². The normalized spacial score (nSPS) is 11.9. The number of rotatable bonds is 3. The van der Waals surface area contributed by atoms with Crippen molar-refractivity contribution in [3.8, 4) is 0 Å². The Balaban J connectivity index is 2.09. The zero-order valence-electron chi connectivity index (χ0n) is 10.6. The van der Waals surface area contributed by atoms with E-state index in [-0.39, 0.29) is 22.2 Å². The Labute approximate surface area is 113 Å². The minimum Gasteiger partial charge on any atom is -0.360 e. The molecule has 104 valence electrons. The van der Waals surface area contributed by atoms with E-state index in [0.29, 0.717) is 11.2 Å². The Bertz CT molecular complexity index is 862. The third kappa shape index (κ3) is 1.90. The fourth-order valence-corrected chi connectivity index (χ4v) is 3.23. The molecular formula is C10H10N6O3S. The van der Waals surface area contributed by atoms with Gasteiger partial charge >= 0.3 is 0 Å². The summed E-state index contributed by atoms with van der Waals surface area (Å²) in [5, 5.41) is 3.63. The van der Waals surface area contributed by atoms with Gasteiger partial charge in [-0.2, -0.15) is 0 Å². The lowest BCUT2D eigenvalue weighted by Gasteiger charge is -2.06. The quantitative estimate of drug-likeness (QED) is 0.730. The van der Waals surface area contributed by atoms with E-state index in [0.717, 1.165) is 0 Å². The van der Waals surface area contributed by atoms with Crippen molar-refractivity contribution in [3.05, 3.63) is 24.1 Å². The number of nitrogens with zero attached hydrogens (tertiary/aromatic N) is 4. The highest BCUT2D eigenvalue weighted by atomic mass is 32.2. The zero-order valence-corrected chi connectivity index (χ0v) is 11.4. The third-order valence-electron chi connectivity index (χ3n) is 2.69. The van der Waals surface area contributed by atoms with Crippen LogP contribution in [0.25, 0.3) is 11.2 Å². The molecule has 0 aliphatic rings. The van der Waals surface area contributed by atoms with Crippen LogP contribution in [0.4, 0.5) is 5.82 Å².